The van der Waals surface area contributed by atoms with Gasteiger partial charge in [0.05, 0.1) is 0 Å². The topological polar surface area (TPSA) is 57.6 Å². The fraction of sp³-hybridized carbons (Fsp3) is 0.846. The Balaban J connectivity index is 2.29. The van der Waals surface area contributed by atoms with E-state index in [1.807, 2.05) is 4.90 Å². The summed E-state index contributed by atoms with van der Waals surface area (Å²) in [6, 6.07) is 0. The molecule has 0 aromatic rings. The Kier molecular flexibility index (Phi) is 6.01. The van der Waals surface area contributed by atoms with Crippen molar-refractivity contribution in [3.05, 3.63) is 0 Å². The molecule has 0 aliphatic carbocycles. The van der Waals surface area contributed by atoms with E-state index in [1.165, 1.54) is 12.8 Å². The number of carbonyl (C=O) groups is 2. The van der Waals surface area contributed by atoms with E-state index in [0.29, 0.717) is 12.8 Å². The van der Waals surface area contributed by atoms with Gasteiger partial charge in [-0.1, -0.05) is 13.3 Å². The van der Waals surface area contributed by atoms with Crippen molar-refractivity contribution in [2.45, 2.75) is 51.9 Å². The van der Waals surface area contributed by atoms with E-state index in [-0.39, 0.29) is 12.3 Å². The lowest BCUT2D eigenvalue weighted by Crippen LogP contribution is -2.31. The van der Waals surface area contributed by atoms with Crippen molar-refractivity contribution in [3.63, 3.8) is 0 Å². The molecular weight excluding hydrogens is 218 g/mol. The maximum absolute atomic E-state index is 11.9. The number of carboxylic acid groups (broad SMARTS) is 1. The molecule has 0 saturated carbocycles. The van der Waals surface area contributed by atoms with Crippen molar-refractivity contribution in [1.82, 2.24) is 4.90 Å². The molecule has 98 valence electrons. The molecule has 1 N–H and O–H groups in total. The molecule has 1 amide bonds. The largest absolute Gasteiger partial charge is 0.481 e. The first-order valence-corrected chi connectivity index (χ1v) is 6.63. The molecule has 0 aromatic carbocycles. The summed E-state index contributed by atoms with van der Waals surface area (Å²) in [6.45, 7) is 3.90. The first kappa shape index (κ1) is 14.0. The summed E-state index contributed by atoms with van der Waals surface area (Å²) < 4.78 is 0. The van der Waals surface area contributed by atoms with Crippen molar-refractivity contribution in [2.75, 3.05) is 13.1 Å². The number of likely N-dealkylation sites (tertiary alicyclic amines) is 1. The lowest BCUT2D eigenvalue weighted by molar-refractivity contribution is -0.137. The lowest BCUT2D eigenvalue weighted by Gasteiger charge is -2.20. The van der Waals surface area contributed by atoms with Gasteiger partial charge in [-0.2, -0.15) is 0 Å². The molecule has 1 atom stereocenters. The summed E-state index contributed by atoms with van der Waals surface area (Å²) >= 11 is 0. The van der Waals surface area contributed by atoms with Crippen LogP contribution >= 0.6 is 0 Å². The van der Waals surface area contributed by atoms with Gasteiger partial charge >= 0.3 is 5.97 Å². The van der Waals surface area contributed by atoms with E-state index < -0.39 is 5.97 Å². The summed E-state index contributed by atoms with van der Waals surface area (Å²) in [5.41, 5.74) is 0. The fourth-order valence-corrected chi connectivity index (χ4v) is 2.37. The van der Waals surface area contributed by atoms with Gasteiger partial charge in [-0.05, 0) is 31.6 Å². The summed E-state index contributed by atoms with van der Waals surface area (Å²) in [5, 5.41) is 8.52. The summed E-state index contributed by atoms with van der Waals surface area (Å²) in [4.78, 5) is 24.1. The van der Waals surface area contributed by atoms with Crippen LogP contribution in [-0.4, -0.2) is 35.0 Å². The number of hydrogen-bond acceptors (Lipinski definition) is 2. The minimum absolute atomic E-state index is 0.0944. The normalized spacial score (nSPS) is 21.0. The van der Waals surface area contributed by atoms with E-state index in [4.69, 9.17) is 5.11 Å². The Hall–Kier alpha value is -1.06. The molecule has 1 aliphatic rings. The van der Waals surface area contributed by atoms with E-state index >= 15 is 0 Å². The monoisotopic (exact) mass is 241 g/mol. The molecule has 1 rings (SSSR count). The second kappa shape index (κ2) is 7.30. The standard InChI is InChI=1S/C13H23NO3/c1-2-11-5-4-9-14(10-8-11)12(15)6-3-7-13(16)17/h11H,2-10H2,1H3,(H,16,17). The maximum atomic E-state index is 11.9. The molecule has 4 nitrogen and oxygen atoms in total. The van der Waals surface area contributed by atoms with Crippen LogP contribution in [-0.2, 0) is 9.59 Å². The van der Waals surface area contributed by atoms with Crippen LogP contribution in [0.25, 0.3) is 0 Å². The Labute approximate surface area is 103 Å². The van der Waals surface area contributed by atoms with E-state index in [9.17, 15) is 9.59 Å². The van der Waals surface area contributed by atoms with Crippen molar-refractivity contribution >= 4 is 11.9 Å². The van der Waals surface area contributed by atoms with Gasteiger partial charge in [0.1, 0.15) is 0 Å². The molecule has 1 unspecified atom stereocenters. The van der Waals surface area contributed by atoms with Crippen molar-refractivity contribution in [3.8, 4) is 0 Å². The number of rotatable bonds is 5. The summed E-state index contributed by atoms with van der Waals surface area (Å²) in [6.07, 6.45) is 5.53. The van der Waals surface area contributed by atoms with Crippen LogP contribution in [0.3, 0.4) is 0 Å². The predicted octanol–water partition coefficient (Wildman–Crippen LogP) is 2.28. The zero-order valence-electron chi connectivity index (χ0n) is 10.7. The predicted molar refractivity (Wildman–Crippen MR) is 65.7 cm³/mol. The Bertz CT molecular complexity index is 265. The van der Waals surface area contributed by atoms with Gasteiger partial charge in [-0.25, -0.2) is 0 Å². The van der Waals surface area contributed by atoms with Gasteiger partial charge in [0.15, 0.2) is 0 Å². The van der Waals surface area contributed by atoms with Crippen molar-refractivity contribution in [1.29, 1.82) is 0 Å². The van der Waals surface area contributed by atoms with Crippen LogP contribution in [0.1, 0.15) is 51.9 Å². The van der Waals surface area contributed by atoms with Crippen LogP contribution in [0, 0.1) is 5.92 Å². The molecule has 4 heteroatoms. The summed E-state index contributed by atoms with van der Waals surface area (Å²) in [7, 11) is 0. The van der Waals surface area contributed by atoms with E-state index in [0.717, 1.165) is 31.8 Å². The highest BCUT2D eigenvalue weighted by Crippen LogP contribution is 2.20. The molecule has 0 aromatic heterocycles. The molecule has 1 saturated heterocycles. The fourth-order valence-electron chi connectivity index (χ4n) is 2.37. The third-order valence-corrected chi connectivity index (χ3v) is 3.56. The number of nitrogens with zero attached hydrogens (tertiary/aromatic N) is 1. The maximum Gasteiger partial charge on any atom is 0.303 e. The quantitative estimate of drug-likeness (QED) is 0.803. The van der Waals surface area contributed by atoms with Gasteiger partial charge in [0.25, 0.3) is 0 Å². The Morgan fingerprint density at radius 1 is 1.24 bits per heavy atom. The number of amides is 1. The second-order valence-corrected chi connectivity index (χ2v) is 4.83. The molecule has 1 fully saturated rings. The van der Waals surface area contributed by atoms with Gasteiger partial charge in [0, 0.05) is 25.9 Å². The van der Waals surface area contributed by atoms with Gasteiger partial charge in [-0.15, -0.1) is 0 Å². The molecule has 17 heavy (non-hydrogen) atoms. The third kappa shape index (κ3) is 5.20. The Morgan fingerprint density at radius 3 is 2.65 bits per heavy atom. The van der Waals surface area contributed by atoms with Crippen LogP contribution < -0.4 is 0 Å². The van der Waals surface area contributed by atoms with Crippen LogP contribution in [0.4, 0.5) is 0 Å². The minimum Gasteiger partial charge on any atom is -0.481 e. The van der Waals surface area contributed by atoms with Crippen LogP contribution in [0.15, 0.2) is 0 Å². The van der Waals surface area contributed by atoms with Crippen molar-refractivity contribution < 1.29 is 14.7 Å². The first-order chi connectivity index (χ1) is 8.13. The number of hydrogen-bond donors (Lipinski definition) is 1. The zero-order chi connectivity index (χ0) is 12.7. The third-order valence-electron chi connectivity index (χ3n) is 3.56. The molecular formula is C13H23NO3. The molecule has 0 bridgehead atoms. The number of carboxylic acids is 1. The number of carbonyl (C=O) groups excluding carboxylic acids is 1. The van der Waals surface area contributed by atoms with Gasteiger partial charge < -0.3 is 10.0 Å². The van der Waals surface area contributed by atoms with Gasteiger partial charge in [0.2, 0.25) is 5.91 Å². The zero-order valence-corrected chi connectivity index (χ0v) is 10.7. The van der Waals surface area contributed by atoms with E-state index in [2.05, 4.69) is 6.92 Å². The van der Waals surface area contributed by atoms with Gasteiger partial charge in [-0.3, -0.25) is 9.59 Å². The van der Waals surface area contributed by atoms with Crippen LogP contribution in [0.2, 0.25) is 0 Å². The second-order valence-electron chi connectivity index (χ2n) is 4.83. The highest BCUT2D eigenvalue weighted by atomic mass is 16.4. The van der Waals surface area contributed by atoms with Crippen LogP contribution in [0.5, 0.6) is 0 Å². The highest BCUT2D eigenvalue weighted by molar-refractivity contribution is 5.77. The molecule has 0 spiro atoms. The number of aliphatic carboxylic acids is 1. The average molecular weight is 241 g/mol. The Morgan fingerprint density at radius 2 is 2.00 bits per heavy atom. The molecule has 0 radical (unpaired) electrons. The molecule has 1 aliphatic heterocycles. The average Bonchev–Trinajstić information content (AvgIpc) is 2.53. The summed E-state index contributed by atoms with van der Waals surface area (Å²) in [5.74, 6) is 0.0644. The minimum atomic E-state index is -0.820. The lowest BCUT2D eigenvalue weighted by atomic mass is 9.98. The highest BCUT2D eigenvalue weighted by Gasteiger charge is 2.19. The van der Waals surface area contributed by atoms with Crippen molar-refractivity contribution in [2.24, 2.45) is 5.92 Å². The SMILES string of the molecule is CCC1CCCN(C(=O)CCCC(=O)O)CC1. The smallest absolute Gasteiger partial charge is 0.303 e. The first-order valence-electron chi connectivity index (χ1n) is 6.63. The van der Waals surface area contributed by atoms with E-state index in [1.54, 1.807) is 0 Å². The molecule has 1 heterocycles.